The van der Waals surface area contributed by atoms with Crippen LogP contribution in [0.4, 0.5) is 5.82 Å². The van der Waals surface area contributed by atoms with Crippen molar-refractivity contribution in [2.24, 2.45) is 0 Å². The number of hydrogen-bond donors (Lipinski definition) is 0. The van der Waals surface area contributed by atoms with E-state index in [-0.39, 0.29) is 0 Å². The first-order valence-electron chi connectivity index (χ1n) is 3.89. The Morgan fingerprint density at radius 1 is 1.45 bits per heavy atom. The van der Waals surface area contributed by atoms with Crippen molar-refractivity contribution in [3.63, 3.8) is 0 Å². The van der Waals surface area contributed by atoms with Crippen LogP contribution in [-0.2, 0) is 0 Å². The van der Waals surface area contributed by atoms with Gasteiger partial charge in [-0.25, -0.2) is 9.97 Å². The van der Waals surface area contributed by atoms with Crippen molar-refractivity contribution in [3.05, 3.63) is 18.1 Å². The Morgan fingerprint density at radius 3 is 2.82 bits per heavy atom. The zero-order chi connectivity index (χ0) is 7.68. The highest BCUT2D eigenvalue weighted by molar-refractivity contribution is 5.46. The van der Waals surface area contributed by atoms with E-state index in [4.69, 9.17) is 0 Å². The molecule has 0 spiro atoms. The second-order valence-corrected chi connectivity index (χ2v) is 2.87. The molecule has 2 rings (SSSR count). The third-order valence-corrected chi connectivity index (χ3v) is 2.02. The van der Waals surface area contributed by atoms with Gasteiger partial charge in [-0.2, -0.15) is 0 Å². The average molecular weight is 149 g/mol. The van der Waals surface area contributed by atoms with Crippen molar-refractivity contribution in [2.75, 3.05) is 18.0 Å². The van der Waals surface area contributed by atoms with Gasteiger partial charge in [0.15, 0.2) is 0 Å². The molecule has 1 aromatic rings. The molecule has 0 unspecified atom stereocenters. The maximum absolute atomic E-state index is 4.22. The van der Waals surface area contributed by atoms with E-state index >= 15 is 0 Å². The predicted octanol–water partition coefficient (Wildman–Crippen LogP) is 0.995. The maximum atomic E-state index is 4.22. The fourth-order valence-electron chi connectivity index (χ4n) is 1.25. The van der Waals surface area contributed by atoms with Gasteiger partial charge < -0.3 is 4.90 Å². The van der Waals surface area contributed by atoms with E-state index in [0.717, 1.165) is 18.9 Å². The monoisotopic (exact) mass is 149 g/mol. The van der Waals surface area contributed by atoms with Gasteiger partial charge in [-0.05, 0) is 13.3 Å². The van der Waals surface area contributed by atoms with E-state index in [1.165, 1.54) is 12.0 Å². The van der Waals surface area contributed by atoms with E-state index < -0.39 is 0 Å². The van der Waals surface area contributed by atoms with E-state index in [1.54, 1.807) is 6.33 Å². The fraction of sp³-hybridized carbons (Fsp3) is 0.500. The van der Waals surface area contributed by atoms with Crippen LogP contribution in [0.3, 0.4) is 0 Å². The lowest BCUT2D eigenvalue weighted by Gasteiger charge is -2.32. The molecule has 0 aliphatic carbocycles. The van der Waals surface area contributed by atoms with Gasteiger partial charge in [0.05, 0.1) is 0 Å². The Kier molecular flexibility index (Phi) is 1.49. The molecule has 0 N–H and O–H groups in total. The molecule has 58 valence electrons. The topological polar surface area (TPSA) is 29.0 Å². The molecule has 1 aromatic heterocycles. The number of aromatic nitrogens is 2. The molecular formula is C8H11N3. The van der Waals surface area contributed by atoms with Crippen LogP contribution in [0.1, 0.15) is 12.0 Å². The van der Waals surface area contributed by atoms with Gasteiger partial charge in [0.2, 0.25) is 0 Å². The van der Waals surface area contributed by atoms with E-state index in [0.29, 0.717) is 0 Å². The van der Waals surface area contributed by atoms with Crippen molar-refractivity contribution < 1.29 is 0 Å². The summed E-state index contributed by atoms with van der Waals surface area (Å²) in [5.74, 6) is 1.10. The van der Waals surface area contributed by atoms with Crippen LogP contribution in [0, 0.1) is 6.92 Å². The largest absolute Gasteiger partial charge is 0.356 e. The number of aryl methyl sites for hydroxylation is 1. The van der Waals surface area contributed by atoms with Crippen LogP contribution in [0.2, 0.25) is 0 Å². The third kappa shape index (κ3) is 1.06. The van der Waals surface area contributed by atoms with Crippen LogP contribution in [-0.4, -0.2) is 23.1 Å². The van der Waals surface area contributed by atoms with Crippen molar-refractivity contribution in [1.82, 2.24) is 9.97 Å². The molecular weight excluding hydrogens is 138 g/mol. The summed E-state index contributed by atoms with van der Waals surface area (Å²) in [7, 11) is 0. The minimum atomic E-state index is 1.10. The second kappa shape index (κ2) is 2.49. The molecule has 0 amide bonds. The lowest BCUT2D eigenvalue weighted by Crippen LogP contribution is -2.38. The summed E-state index contributed by atoms with van der Waals surface area (Å²) in [6, 6.07) is 0. The smallest absolute Gasteiger partial charge is 0.134 e. The zero-order valence-electron chi connectivity index (χ0n) is 6.62. The normalized spacial score (nSPS) is 16.3. The highest BCUT2D eigenvalue weighted by atomic mass is 15.2. The molecule has 0 aromatic carbocycles. The summed E-state index contributed by atoms with van der Waals surface area (Å²) < 4.78 is 0. The summed E-state index contributed by atoms with van der Waals surface area (Å²) >= 11 is 0. The lowest BCUT2D eigenvalue weighted by atomic mass is 10.2. The van der Waals surface area contributed by atoms with Crippen LogP contribution < -0.4 is 4.90 Å². The number of rotatable bonds is 1. The fourth-order valence-corrected chi connectivity index (χ4v) is 1.25. The van der Waals surface area contributed by atoms with Crippen molar-refractivity contribution in [2.45, 2.75) is 13.3 Å². The lowest BCUT2D eigenvalue weighted by molar-refractivity contribution is 0.607. The number of nitrogens with zero attached hydrogens (tertiary/aromatic N) is 3. The summed E-state index contributed by atoms with van der Waals surface area (Å²) in [6.07, 6.45) is 4.77. The van der Waals surface area contributed by atoms with Crippen LogP contribution in [0.5, 0.6) is 0 Å². The Bertz CT molecular complexity index is 255. The van der Waals surface area contributed by atoms with Gasteiger partial charge in [-0.15, -0.1) is 0 Å². The molecule has 0 saturated carbocycles. The van der Waals surface area contributed by atoms with Crippen LogP contribution >= 0.6 is 0 Å². The Morgan fingerprint density at radius 2 is 2.27 bits per heavy atom. The molecule has 2 heterocycles. The standard InChI is InChI=1S/C8H11N3/c1-7-5-9-6-10-8(7)11-3-2-4-11/h5-6H,2-4H2,1H3. The maximum Gasteiger partial charge on any atom is 0.134 e. The number of anilines is 1. The van der Waals surface area contributed by atoms with Gasteiger partial charge in [0.25, 0.3) is 0 Å². The zero-order valence-corrected chi connectivity index (χ0v) is 6.62. The van der Waals surface area contributed by atoms with Gasteiger partial charge in [0.1, 0.15) is 12.1 Å². The molecule has 1 aliphatic rings. The molecule has 0 atom stereocenters. The van der Waals surface area contributed by atoms with Crippen LogP contribution in [0.25, 0.3) is 0 Å². The van der Waals surface area contributed by atoms with Gasteiger partial charge in [-0.3, -0.25) is 0 Å². The third-order valence-electron chi connectivity index (χ3n) is 2.02. The van der Waals surface area contributed by atoms with Gasteiger partial charge in [-0.1, -0.05) is 0 Å². The summed E-state index contributed by atoms with van der Waals surface area (Å²) in [4.78, 5) is 10.4. The second-order valence-electron chi connectivity index (χ2n) is 2.87. The van der Waals surface area contributed by atoms with E-state index in [9.17, 15) is 0 Å². The molecule has 1 fully saturated rings. The number of hydrogen-bond acceptors (Lipinski definition) is 3. The molecule has 3 nitrogen and oxygen atoms in total. The highest BCUT2D eigenvalue weighted by Crippen LogP contribution is 2.19. The molecule has 0 radical (unpaired) electrons. The molecule has 0 bridgehead atoms. The highest BCUT2D eigenvalue weighted by Gasteiger charge is 2.16. The van der Waals surface area contributed by atoms with Crippen molar-refractivity contribution in [1.29, 1.82) is 0 Å². The molecule has 3 heteroatoms. The summed E-state index contributed by atoms with van der Waals surface area (Å²) in [6.45, 7) is 4.35. The Labute approximate surface area is 66.1 Å². The first-order chi connectivity index (χ1) is 5.38. The summed E-state index contributed by atoms with van der Waals surface area (Å²) in [5.41, 5.74) is 1.17. The minimum Gasteiger partial charge on any atom is -0.356 e. The molecule has 1 saturated heterocycles. The van der Waals surface area contributed by atoms with Crippen molar-refractivity contribution in [3.8, 4) is 0 Å². The van der Waals surface area contributed by atoms with Crippen LogP contribution in [0.15, 0.2) is 12.5 Å². The SMILES string of the molecule is Cc1cncnc1N1CCC1. The average Bonchev–Trinajstić information content (AvgIpc) is 1.90. The summed E-state index contributed by atoms with van der Waals surface area (Å²) in [5, 5.41) is 0. The molecule has 11 heavy (non-hydrogen) atoms. The first kappa shape index (κ1) is 6.58. The van der Waals surface area contributed by atoms with Crippen molar-refractivity contribution >= 4 is 5.82 Å². The quantitative estimate of drug-likeness (QED) is 0.596. The van der Waals surface area contributed by atoms with Gasteiger partial charge >= 0.3 is 0 Å². The van der Waals surface area contributed by atoms with E-state index in [1.807, 2.05) is 13.1 Å². The first-order valence-corrected chi connectivity index (χ1v) is 3.89. The van der Waals surface area contributed by atoms with Gasteiger partial charge in [0, 0.05) is 24.8 Å². The Hall–Kier alpha value is -1.12. The Balaban J connectivity index is 2.28. The molecule has 1 aliphatic heterocycles. The predicted molar refractivity (Wildman–Crippen MR) is 43.6 cm³/mol. The minimum absolute atomic E-state index is 1.10. The van der Waals surface area contributed by atoms with E-state index in [2.05, 4.69) is 14.9 Å².